The molecule has 1 saturated heterocycles. The summed E-state index contributed by atoms with van der Waals surface area (Å²) in [5.41, 5.74) is 1.10. The molecule has 114 valence electrons. The number of benzene rings is 1. The zero-order valence-electron chi connectivity index (χ0n) is 12.3. The standard InChI is InChI=1S/C16H21NO4/c1-12-4-6-13(7-5-12)21-16(19)9-8-15(18)17-11-14-3-2-10-20-14/h4-7,14H,2-3,8-11H2,1H3,(H,17,18). The molecule has 2 rings (SSSR count). The van der Waals surface area contributed by atoms with E-state index >= 15 is 0 Å². The van der Waals surface area contributed by atoms with E-state index in [2.05, 4.69) is 5.32 Å². The Morgan fingerprint density at radius 3 is 2.71 bits per heavy atom. The Balaban J connectivity index is 1.63. The number of nitrogens with one attached hydrogen (secondary N) is 1. The van der Waals surface area contributed by atoms with Gasteiger partial charge in [0.15, 0.2) is 0 Å². The SMILES string of the molecule is Cc1ccc(OC(=O)CCC(=O)NCC2CCCO2)cc1. The van der Waals surface area contributed by atoms with E-state index in [1.54, 1.807) is 12.1 Å². The Kier molecular flexibility index (Phi) is 5.75. The van der Waals surface area contributed by atoms with Gasteiger partial charge in [-0.1, -0.05) is 17.7 Å². The molecule has 1 atom stereocenters. The second-order valence-electron chi connectivity index (χ2n) is 5.23. The molecule has 1 aromatic carbocycles. The van der Waals surface area contributed by atoms with Gasteiger partial charge in [-0.25, -0.2) is 0 Å². The van der Waals surface area contributed by atoms with Crippen LogP contribution in [0.15, 0.2) is 24.3 Å². The molecule has 1 fully saturated rings. The van der Waals surface area contributed by atoms with Crippen molar-refractivity contribution in [2.75, 3.05) is 13.2 Å². The molecule has 0 spiro atoms. The van der Waals surface area contributed by atoms with Gasteiger partial charge in [-0.15, -0.1) is 0 Å². The van der Waals surface area contributed by atoms with Gasteiger partial charge in [0.1, 0.15) is 5.75 Å². The highest BCUT2D eigenvalue weighted by Crippen LogP contribution is 2.13. The number of hydrogen-bond acceptors (Lipinski definition) is 4. The fourth-order valence-corrected chi connectivity index (χ4v) is 2.13. The third-order valence-electron chi connectivity index (χ3n) is 3.36. The average molecular weight is 291 g/mol. The lowest BCUT2D eigenvalue weighted by atomic mass is 10.2. The molecule has 1 amide bonds. The fourth-order valence-electron chi connectivity index (χ4n) is 2.13. The van der Waals surface area contributed by atoms with E-state index in [-0.39, 0.29) is 24.9 Å². The largest absolute Gasteiger partial charge is 0.427 e. The topological polar surface area (TPSA) is 64.6 Å². The monoisotopic (exact) mass is 291 g/mol. The Bertz CT molecular complexity index is 478. The number of aryl methyl sites for hydroxylation is 1. The maximum atomic E-state index is 11.6. The van der Waals surface area contributed by atoms with E-state index in [1.165, 1.54) is 0 Å². The molecule has 1 aromatic rings. The van der Waals surface area contributed by atoms with E-state index in [4.69, 9.17) is 9.47 Å². The molecule has 5 heteroatoms. The highest BCUT2D eigenvalue weighted by atomic mass is 16.5. The summed E-state index contributed by atoms with van der Waals surface area (Å²) in [5.74, 6) is -0.0390. The molecule has 1 aliphatic heterocycles. The van der Waals surface area contributed by atoms with Crippen LogP contribution in [0.3, 0.4) is 0 Å². The van der Waals surface area contributed by atoms with E-state index in [0.717, 1.165) is 25.0 Å². The van der Waals surface area contributed by atoms with Gasteiger partial charge in [-0.2, -0.15) is 0 Å². The van der Waals surface area contributed by atoms with Crippen LogP contribution < -0.4 is 10.1 Å². The van der Waals surface area contributed by atoms with Gasteiger partial charge in [0.2, 0.25) is 5.91 Å². The molecule has 1 aliphatic rings. The number of carbonyl (C=O) groups excluding carboxylic acids is 2. The zero-order chi connectivity index (χ0) is 15.1. The maximum Gasteiger partial charge on any atom is 0.311 e. The van der Waals surface area contributed by atoms with Gasteiger partial charge >= 0.3 is 5.97 Å². The summed E-state index contributed by atoms with van der Waals surface area (Å²) in [7, 11) is 0. The van der Waals surface area contributed by atoms with Crippen LogP contribution in [0.1, 0.15) is 31.2 Å². The third-order valence-corrected chi connectivity index (χ3v) is 3.36. The number of hydrogen-bond donors (Lipinski definition) is 1. The van der Waals surface area contributed by atoms with Crippen LogP contribution in [0.25, 0.3) is 0 Å². The minimum Gasteiger partial charge on any atom is -0.427 e. The van der Waals surface area contributed by atoms with Crippen molar-refractivity contribution in [3.05, 3.63) is 29.8 Å². The van der Waals surface area contributed by atoms with Crippen LogP contribution in [0, 0.1) is 6.92 Å². The molecule has 0 saturated carbocycles. The lowest BCUT2D eigenvalue weighted by Crippen LogP contribution is -2.32. The van der Waals surface area contributed by atoms with Crippen LogP contribution in [-0.2, 0) is 14.3 Å². The number of esters is 1. The van der Waals surface area contributed by atoms with Crippen molar-refractivity contribution in [1.29, 1.82) is 0 Å². The van der Waals surface area contributed by atoms with E-state index in [0.29, 0.717) is 12.3 Å². The molecule has 0 radical (unpaired) electrons. The highest BCUT2D eigenvalue weighted by Gasteiger charge is 2.16. The van der Waals surface area contributed by atoms with Crippen molar-refractivity contribution in [2.45, 2.75) is 38.7 Å². The van der Waals surface area contributed by atoms with Crippen LogP contribution >= 0.6 is 0 Å². The Labute approximate surface area is 124 Å². The molecule has 0 bridgehead atoms. The summed E-state index contributed by atoms with van der Waals surface area (Å²) >= 11 is 0. The van der Waals surface area contributed by atoms with Crippen LogP contribution in [0.5, 0.6) is 5.75 Å². The van der Waals surface area contributed by atoms with Crippen molar-refractivity contribution in [2.24, 2.45) is 0 Å². The summed E-state index contributed by atoms with van der Waals surface area (Å²) in [6, 6.07) is 7.23. The Morgan fingerprint density at radius 1 is 1.29 bits per heavy atom. The van der Waals surface area contributed by atoms with Gasteiger partial charge < -0.3 is 14.8 Å². The Morgan fingerprint density at radius 2 is 2.05 bits per heavy atom. The molecule has 5 nitrogen and oxygen atoms in total. The first-order valence-corrected chi connectivity index (χ1v) is 7.29. The van der Waals surface area contributed by atoms with Crippen molar-refractivity contribution >= 4 is 11.9 Å². The molecule has 1 heterocycles. The lowest BCUT2D eigenvalue weighted by Gasteiger charge is -2.10. The Hall–Kier alpha value is -1.88. The minimum atomic E-state index is -0.397. The predicted molar refractivity (Wildman–Crippen MR) is 78.0 cm³/mol. The first-order chi connectivity index (χ1) is 10.1. The van der Waals surface area contributed by atoms with Gasteiger partial charge in [0, 0.05) is 19.6 Å². The maximum absolute atomic E-state index is 11.6. The third kappa shape index (κ3) is 5.55. The number of amides is 1. The quantitative estimate of drug-likeness (QED) is 0.643. The van der Waals surface area contributed by atoms with Gasteiger partial charge in [0.25, 0.3) is 0 Å². The van der Waals surface area contributed by atoms with Crippen LogP contribution in [0.4, 0.5) is 0 Å². The average Bonchev–Trinajstić information content (AvgIpc) is 2.99. The highest BCUT2D eigenvalue weighted by molar-refractivity contribution is 5.82. The van der Waals surface area contributed by atoms with Gasteiger partial charge in [0.05, 0.1) is 12.5 Å². The molecule has 0 aliphatic carbocycles. The number of ether oxygens (including phenoxy) is 2. The van der Waals surface area contributed by atoms with Crippen molar-refractivity contribution < 1.29 is 19.1 Å². The molecule has 1 N–H and O–H groups in total. The lowest BCUT2D eigenvalue weighted by molar-refractivity contribution is -0.136. The van der Waals surface area contributed by atoms with Crippen LogP contribution in [0.2, 0.25) is 0 Å². The first kappa shape index (κ1) is 15.5. The minimum absolute atomic E-state index is 0.0746. The summed E-state index contributed by atoms with van der Waals surface area (Å²) in [6.45, 7) is 3.25. The summed E-state index contributed by atoms with van der Waals surface area (Å²) in [5, 5.41) is 2.78. The van der Waals surface area contributed by atoms with Crippen molar-refractivity contribution in [1.82, 2.24) is 5.32 Å². The molecular weight excluding hydrogens is 270 g/mol. The van der Waals surface area contributed by atoms with Gasteiger partial charge in [-0.05, 0) is 31.9 Å². The summed E-state index contributed by atoms with van der Waals surface area (Å²) in [4.78, 5) is 23.3. The second kappa shape index (κ2) is 7.78. The zero-order valence-corrected chi connectivity index (χ0v) is 12.3. The smallest absolute Gasteiger partial charge is 0.311 e. The summed E-state index contributed by atoms with van der Waals surface area (Å²) < 4.78 is 10.6. The molecule has 0 aromatic heterocycles. The van der Waals surface area contributed by atoms with E-state index in [9.17, 15) is 9.59 Å². The second-order valence-corrected chi connectivity index (χ2v) is 5.23. The van der Waals surface area contributed by atoms with Crippen LogP contribution in [-0.4, -0.2) is 31.1 Å². The predicted octanol–water partition coefficient (Wildman–Crippen LogP) is 1.98. The van der Waals surface area contributed by atoms with Gasteiger partial charge in [-0.3, -0.25) is 9.59 Å². The molecular formula is C16H21NO4. The molecule has 1 unspecified atom stereocenters. The van der Waals surface area contributed by atoms with Crippen molar-refractivity contribution in [3.8, 4) is 5.75 Å². The number of rotatable bonds is 6. The van der Waals surface area contributed by atoms with E-state index in [1.807, 2.05) is 19.1 Å². The van der Waals surface area contributed by atoms with Crippen molar-refractivity contribution in [3.63, 3.8) is 0 Å². The van der Waals surface area contributed by atoms with E-state index < -0.39 is 5.97 Å². The normalized spacial score (nSPS) is 17.5. The first-order valence-electron chi connectivity index (χ1n) is 7.29. The fraction of sp³-hybridized carbons (Fsp3) is 0.500. The molecule has 21 heavy (non-hydrogen) atoms. The number of carbonyl (C=O) groups is 2. The summed E-state index contributed by atoms with van der Waals surface area (Å²) in [6.07, 6.45) is 2.36.